The molecule has 0 bridgehead atoms. The van der Waals surface area contributed by atoms with Crippen LogP contribution < -0.4 is 5.73 Å². The molecular formula is C6H10ClN3O2S. The SMILES string of the molecule is CS(=O)(=O)CCn1cc(Cl)c(N)n1. The molecule has 1 aromatic heterocycles. The van der Waals surface area contributed by atoms with Crippen molar-refractivity contribution in [3.8, 4) is 0 Å². The minimum atomic E-state index is -2.97. The zero-order valence-corrected chi connectivity index (χ0v) is 8.64. The van der Waals surface area contributed by atoms with Crippen molar-refractivity contribution in [1.29, 1.82) is 0 Å². The fourth-order valence-corrected chi connectivity index (χ4v) is 1.46. The molecule has 7 heteroatoms. The molecule has 1 rings (SSSR count). The van der Waals surface area contributed by atoms with E-state index in [4.69, 9.17) is 17.3 Å². The van der Waals surface area contributed by atoms with Crippen molar-refractivity contribution < 1.29 is 8.42 Å². The number of nitrogens with zero attached hydrogens (tertiary/aromatic N) is 2. The number of aryl methyl sites for hydroxylation is 1. The van der Waals surface area contributed by atoms with Gasteiger partial charge >= 0.3 is 0 Å². The predicted octanol–water partition coefficient (Wildman–Crippen LogP) is 0.163. The predicted molar refractivity (Wildman–Crippen MR) is 51.4 cm³/mol. The third-order valence-corrected chi connectivity index (χ3v) is 2.65. The fraction of sp³-hybridized carbons (Fsp3) is 0.500. The van der Waals surface area contributed by atoms with Crippen LogP contribution in [-0.4, -0.2) is 30.2 Å². The summed E-state index contributed by atoms with van der Waals surface area (Å²) in [5.74, 6) is 0.250. The van der Waals surface area contributed by atoms with Gasteiger partial charge in [-0.1, -0.05) is 11.6 Å². The van der Waals surface area contributed by atoms with Gasteiger partial charge in [0.2, 0.25) is 0 Å². The molecule has 0 aliphatic rings. The van der Waals surface area contributed by atoms with E-state index < -0.39 is 9.84 Å². The summed E-state index contributed by atoms with van der Waals surface area (Å²) in [4.78, 5) is 0. The van der Waals surface area contributed by atoms with Crippen LogP contribution in [0, 0.1) is 0 Å². The Kier molecular flexibility index (Phi) is 2.82. The molecule has 0 aliphatic heterocycles. The van der Waals surface area contributed by atoms with Gasteiger partial charge in [-0.15, -0.1) is 0 Å². The summed E-state index contributed by atoms with van der Waals surface area (Å²) in [7, 11) is -2.97. The third kappa shape index (κ3) is 3.23. The molecule has 0 saturated heterocycles. The van der Waals surface area contributed by atoms with Crippen LogP contribution in [0.1, 0.15) is 0 Å². The van der Waals surface area contributed by atoms with Crippen LogP contribution in [0.25, 0.3) is 0 Å². The van der Waals surface area contributed by atoms with Crippen LogP contribution >= 0.6 is 11.6 Å². The molecule has 5 nitrogen and oxygen atoms in total. The Balaban J connectivity index is 2.66. The summed E-state index contributed by atoms with van der Waals surface area (Å²) in [5, 5.41) is 4.15. The highest BCUT2D eigenvalue weighted by molar-refractivity contribution is 7.90. The minimum Gasteiger partial charge on any atom is -0.381 e. The smallest absolute Gasteiger partial charge is 0.164 e. The summed E-state index contributed by atoms with van der Waals surface area (Å²) < 4.78 is 23.0. The molecule has 0 saturated carbocycles. The first-order chi connectivity index (χ1) is 5.88. The molecular weight excluding hydrogens is 214 g/mol. The van der Waals surface area contributed by atoms with E-state index in [2.05, 4.69) is 5.10 Å². The van der Waals surface area contributed by atoms with E-state index in [9.17, 15) is 8.42 Å². The van der Waals surface area contributed by atoms with E-state index in [-0.39, 0.29) is 18.1 Å². The molecule has 74 valence electrons. The normalized spacial score (nSPS) is 11.8. The number of hydrogen-bond acceptors (Lipinski definition) is 4. The molecule has 13 heavy (non-hydrogen) atoms. The monoisotopic (exact) mass is 223 g/mol. The molecule has 0 atom stereocenters. The maximum absolute atomic E-state index is 10.8. The van der Waals surface area contributed by atoms with E-state index in [1.54, 1.807) is 0 Å². The first-order valence-electron chi connectivity index (χ1n) is 3.54. The van der Waals surface area contributed by atoms with Crippen LogP contribution in [0.4, 0.5) is 5.82 Å². The van der Waals surface area contributed by atoms with Crippen LogP contribution in [0.2, 0.25) is 5.02 Å². The molecule has 0 amide bonds. The lowest BCUT2D eigenvalue weighted by Crippen LogP contribution is -2.11. The van der Waals surface area contributed by atoms with Gasteiger partial charge in [-0.3, -0.25) is 4.68 Å². The Labute approximate surface area is 81.4 Å². The number of rotatable bonds is 3. The summed E-state index contributed by atoms with van der Waals surface area (Å²) in [6.07, 6.45) is 2.67. The average molecular weight is 224 g/mol. The highest BCUT2D eigenvalue weighted by Crippen LogP contribution is 2.14. The van der Waals surface area contributed by atoms with Crippen molar-refractivity contribution in [3.05, 3.63) is 11.2 Å². The average Bonchev–Trinajstić information content (AvgIpc) is 2.27. The molecule has 0 aliphatic carbocycles. The second-order valence-electron chi connectivity index (χ2n) is 2.76. The van der Waals surface area contributed by atoms with Gasteiger partial charge in [0.25, 0.3) is 0 Å². The number of hydrogen-bond donors (Lipinski definition) is 1. The second-order valence-corrected chi connectivity index (χ2v) is 5.42. The number of anilines is 1. The largest absolute Gasteiger partial charge is 0.381 e. The van der Waals surface area contributed by atoms with Crippen molar-refractivity contribution in [2.75, 3.05) is 17.7 Å². The number of halogens is 1. The van der Waals surface area contributed by atoms with E-state index in [1.165, 1.54) is 17.1 Å². The fourth-order valence-electron chi connectivity index (χ4n) is 0.786. The van der Waals surface area contributed by atoms with Crippen LogP contribution in [0.15, 0.2) is 6.20 Å². The third-order valence-electron chi connectivity index (χ3n) is 1.43. The topological polar surface area (TPSA) is 78.0 Å². The second kappa shape index (κ2) is 3.55. The van der Waals surface area contributed by atoms with Crippen molar-refractivity contribution in [1.82, 2.24) is 9.78 Å². The Hall–Kier alpha value is -0.750. The lowest BCUT2D eigenvalue weighted by molar-refractivity contribution is 0.586. The van der Waals surface area contributed by atoms with E-state index in [0.717, 1.165) is 0 Å². The summed E-state index contributed by atoms with van der Waals surface area (Å²) >= 11 is 5.62. The molecule has 2 N–H and O–H groups in total. The Morgan fingerprint density at radius 3 is 2.69 bits per heavy atom. The molecule has 0 radical (unpaired) electrons. The van der Waals surface area contributed by atoms with Crippen molar-refractivity contribution >= 4 is 27.3 Å². The zero-order valence-electron chi connectivity index (χ0n) is 7.07. The van der Waals surface area contributed by atoms with Gasteiger partial charge in [0, 0.05) is 12.5 Å². The number of nitrogens with two attached hydrogens (primary N) is 1. The molecule has 0 fully saturated rings. The maximum Gasteiger partial charge on any atom is 0.164 e. The highest BCUT2D eigenvalue weighted by atomic mass is 35.5. The quantitative estimate of drug-likeness (QED) is 0.792. The first kappa shape index (κ1) is 10.3. The minimum absolute atomic E-state index is 0.0322. The lowest BCUT2D eigenvalue weighted by Gasteiger charge is -1.98. The van der Waals surface area contributed by atoms with Crippen LogP contribution in [0.5, 0.6) is 0 Å². The van der Waals surface area contributed by atoms with Crippen molar-refractivity contribution in [2.45, 2.75) is 6.54 Å². The highest BCUT2D eigenvalue weighted by Gasteiger charge is 2.06. The van der Waals surface area contributed by atoms with Gasteiger partial charge in [-0.2, -0.15) is 5.10 Å². The first-order valence-corrected chi connectivity index (χ1v) is 5.98. The Morgan fingerprint density at radius 1 is 1.69 bits per heavy atom. The van der Waals surface area contributed by atoms with Crippen LogP contribution in [-0.2, 0) is 16.4 Å². The molecule has 0 unspecified atom stereocenters. The maximum atomic E-state index is 10.8. The lowest BCUT2D eigenvalue weighted by atomic mass is 10.6. The molecule has 1 heterocycles. The van der Waals surface area contributed by atoms with Gasteiger partial charge in [0.1, 0.15) is 14.9 Å². The van der Waals surface area contributed by atoms with Gasteiger partial charge in [0.05, 0.1) is 12.3 Å². The van der Waals surface area contributed by atoms with Crippen molar-refractivity contribution in [2.24, 2.45) is 0 Å². The van der Waals surface area contributed by atoms with Crippen molar-refractivity contribution in [3.63, 3.8) is 0 Å². The Morgan fingerprint density at radius 2 is 2.31 bits per heavy atom. The van der Waals surface area contributed by atoms with Gasteiger partial charge in [0.15, 0.2) is 5.82 Å². The zero-order chi connectivity index (χ0) is 10.1. The summed E-state index contributed by atoms with van der Waals surface area (Å²) in [5.41, 5.74) is 5.37. The standard InChI is InChI=1S/C6H10ClN3O2S/c1-13(11,12)3-2-10-4-5(7)6(8)9-10/h4H,2-3H2,1H3,(H2,8,9). The van der Waals surface area contributed by atoms with Gasteiger partial charge < -0.3 is 5.73 Å². The van der Waals surface area contributed by atoms with Gasteiger partial charge in [-0.25, -0.2) is 8.42 Å². The Bertz CT molecular complexity index is 379. The molecule has 0 aromatic carbocycles. The molecule has 1 aromatic rings. The summed E-state index contributed by atoms with van der Waals surface area (Å²) in [6, 6.07) is 0. The number of aromatic nitrogens is 2. The van der Waals surface area contributed by atoms with E-state index in [0.29, 0.717) is 5.02 Å². The molecule has 0 spiro atoms. The number of nitrogen functional groups attached to an aromatic ring is 1. The van der Waals surface area contributed by atoms with E-state index in [1.807, 2.05) is 0 Å². The van der Waals surface area contributed by atoms with Gasteiger partial charge in [-0.05, 0) is 0 Å². The summed E-state index contributed by atoms with van der Waals surface area (Å²) in [6.45, 7) is 0.274. The van der Waals surface area contributed by atoms with E-state index >= 15 is 0 Å². The number of sulfone groups is 1. The van der Waals surface area contributed by atoms with Crippen LogP contribution in [0.3, 0.4) is 0 Å².